The lowest BCUT2D eigenvalue weighted by atomic mass is 10.0. The van der Waals surface area contributed by atoms with E-state index < -0.39 is 41.8 Å². The zero-order valence-corrected chi connectivity index (χ0v) is 18.8. The van der Waals surface area contributed by atoms with Crippen molar-refractivity contribution in [3.8, 4) is 0 Å². The molecule has 4 amide bonds. The summed E-state index contributed by atoms with van der Waals surface area (Å²) < 4.78 is 9.71. The molecular weight excluding hydrogens is 404 g/mol. The van der Waals surface area contributed by atoms with Gasteiger partial charge in [-0.25, -0.2) is 9.59 Å². The maximum atomic E-state index is 12.9. The zero-order chi connectivity index (χ0) is 23.6. The van der Waals surface area contributed by atoms with Crippen molar-refractivity contribution in [3.05, 3.63) is 35.9 Å². The molecule has 10 heteroatoms. The Morgan fingerprint density at radius 3 is 2.10 bits per heavy atom. The Bertz CT molecular complexity index is 761. The van der Waals surface area contributed by atoms with Crippen LogP contribution < -0.4 is 21.3 Å². The third-order valence-corrected chi connectivity index (χ3v) is 3.94. The summed E-state index contributed by atoms with van der Waals surface area (Å²) in [6.45, 7) is 8.38. The van der Waals surface area contributed by atoms with E-state index in [0.717, 1.165) is 0 Å². The van der Waals surface area contributed by atoms with Crippen molar-refractivity contribution < 1.29 is 28.7 Å². The first-order valence-electron chi connectivity index (χ1n) is 9.89. The molecular formula is C21H32N4O6. The summed E-state index contributed by atoms with van der Waals surface area (Å²) in [5.41, 5.74) is -0.114. The lowest BCUT2D eigenvalue weighted by molar-refractivity contribution is -0.139. The van der Waals surface area contributed by atoms with E-state index in [-0.39, 0.29) is 12.5 Å². The van der Waals surface area contributed by atoms with Crippen LogP contribution in [0.4, 0.5) is 9.59 Å². The number of hydrogen-bond donors (Lipinski definition) is 4. The second-order valence-electron chi connectivity index (χ2n) is 8.12. The molecule has 0 heterocycles. The van der Waals surface area contributed by atoms with Crippen LogP contribution in [0.25, 0.3) is 0 Å². The second-order valence-corrected chi connectivity index (χ2v) is 8.12. The van der Waals surface area contributed by atoms with Crippen molar-refractivity contribution in [1.82, 2.24) is 21.3 Å². The predicted octanol–water partition coefficient (Wildman–Crippen LogP) is 1.82. The number of esters is 1. The number of alkyl carbamates (subject to hydrolysis) is 1. The molecule has 0 saturated heterocycles. The minimum atomic E-state index is -0.909. The molecule has 31 heavy (non-hydrogen) atoms. The normalized spacial score (nSPS) is 12.9. The highest BCUT2D eigenvalue weighted by Gasteiger charge is 2.29. The summed E-state index contributed by atoms with van der Waals surface area (Å²) in [6.07, 6.45) is -1.63. The van der Waals surface area contributed by atoms with Crippen LogP contribution in [0, 0.1) is 5.92 Å². The number of hydrogen-bond acceptors (Lipinski definition) is 6. The molecule has 0 bridgehead atoms. The van der Waals surface area contributed by atoms with Gasteiger partial charge in [0.05, 0.1) is 7.11 Å². The maximum Gasteiger partial charge on any atom is 0.408 e. The largest absolute Gasteiger partial charge is 0.468 e. The Hall–Kier alpha value is -3.30. The van der Waals surface area contributed by atoms with Gasteiger partial charge in [-0.3, -0.25) is 9.59 Å². The fraction of sp³-hybridized carbons (Fsp3) is 0.524. The third-order valence-electron chi connectivity index (χ3n) is 3.94. The first kappa shape index (κ1) is 25.7. The lowest BCUT2D eigenvalue weighted by Gasteiger charge is -2.27. The smallest absolute Gasteiger partial charge is 0.408 e. The van der Waals surface area contributed by atoms with Crippen molar-refractivity contribution >= 4 is 24.0 Å². The van der Waals surface area contributed by atoms with Crippen LogP contribution in [-0.2, 0) is 19.1 Å². The first-order chi connectivity index (χ1) is 14.4. The molecule has 0 radical (unpaired) electrons. The topological polar surface area (TPSA) is 135 Å². The second kappa shape index (κ2) is 11.8. The predicted molar refractivity (Wildman–Crippen MR) is 114 cm³/mol. The van der Waals surface area contributed by atoms with Gasteiger partial charge in [0, 0.05) is 0 Å². The maximum absolute atomic E-state index is 12.9. The molecule has 0 spiro atoms. The van der Waals surface area contributed by atoms with E-state index in [1.165, 1.54) is 7.11 Å². The van der Waals surface area contributed by atoms with E-state index in [4.69, 9.17) is 4.74 Å². The Morgan fingerprint density at radius 2 is 1.58 bits per heavy atom. The summed E-state index contributed by atoms with van der Waals surface area (Å²) >= 11 is 0. The minimum Gasteiger partial charge on any atom is -0.468 e. The van der Waals surface area contributed by atoms with Crippen molar-refractivity contribution in [2.45, 2.75) is 52.4 Å². The summed E-state index contributed by atoms with van der Waals surface area (Å²) in [5.74, 6) is -1.38. The molecule has 0 unspecified atom stereocenters. The average molecular weight is 437 g/mol. The van der Waals surface area contributed by atoms with Gasteiger partial charge in [0.15, 0.2) is 0 Å². The van der Waals surface area contributed by atoms with Gasteiger partial charge in [0.25, 0.3) is 0 Å². The number of amides is 4. The van der Waals surface area contributed by atoms with Gasteiger partial charge in [-0.15, -0.1) is 0 Å². The van der Waals surface area contributed by atoms with Crippen LogP contribution in [0.3, 0.4) is 0 Å². The van der Waals surface area contributed by atoms with Crippen LogP contribution >= 0.6 is 0 Å². The van der Waals surface area contributed by atoms with Crippen LogP contribution in [0.5, 0.6) is 0 Å². The molecule has 0 aliphatic carbocycles. The molecule has 4 N–H and O–H groups in total. The van der Waals surface area contributed by atoms with Crippen molar-refractivity contribution in [1.29, 1.82) is 0 Å². The molecule has 0 aliphatic rings. The molecule has 10 nitrogen and oxygen atoms in total. The minimum absolute atomic E-state index is 0.253. The molecule has 1 rings (SSSR count). The summed E-state index contributed by atoms with van der Waals surface area (Å²) in [6, 6.07) is 7.15. The highest BCUT2D eigenvalue weighted by Crippen LogP contribution is 2.13. The van der Waals surface area contributed by atoms with Gasteiger partial charge in [-0.1, -0.05) is 44.2 Å². The highest BCUT2D eigenvalue weighted by atomic mass is 16.6. The number of ether oxygens (including phenoxy) is 2. The zero-order valence-electron chi connectivity index (χ0n) is 18.8. The summed E-state index contributed by atoms with van der Waals surface area (Å²) in [4.78, 5) is 48.5. The summed E-state index contributed by atoms with van der Waals surface area (Å²) in [7, 11) is 1.21. The van der Waals surface area contributed by atoms with E-state index in [1.54, 1.807) is 65.0 Å². The molecule has 0 saturated carbocycles. The number of carbonyl (C=O) groups is 4. The Labute approximate surface area is 182 Å². The van der Waals surface area contributed by atoms with Gasteiger partial charge in [-0.2, -0.15) is 0 Å². The van der Waals surface area contributed by atoms with E-state index in [0.29, 0.717) is 5.56 Å². The Morgan fingerprint density at radius 1 is 0.968 bits per heavy atom. The average Bonchev–Trinajstić information content (AvgIpc) is 2.68. The number of nitrogens with one attached hydrogen (secondary N) is 4. The van der Waals surface area contributed by atoms with E-state index in [9.17, 15) is 19.2 Å². The number of rotatable bonds is 8. The van der Waals surface area contributed by atoms with Gasteiger partial charge < -0.3 is 30.7 Å². The van der Waals surface area contributed by atoms with Crippen molar-refractivity contribution in [3.63, 3.8) is 0 Å². The highest BCUT2D eigenvalue weighted by molar-refractivity contribution is 5.87. The Kier molecular flexibility index (Phi) is 9.78. The van der Waals surface area contributed by atoms with E-state index in [2.05, 4.69) is 26.0 Å². The first-order valence-corrected chi connectivity index (χ1v) is 9.89. The standard InChI is InChI=1S/C21H32N4O6/c1-13(2)16(23-20(29)31-21(3,4)5)18(27)24-17(14-10-8-7-9-11-14)25-19(28)22-12-15(26)30-6/h7-11,13,16-17H,12H2,1-6H3,(H,23,29)(H,24,27)(H2,22,25,28)/t16-,17+/m0/s1. The van der Waals surface area contributed by atoms with Crippen molar-refractivity contribution in [2.24, 2.45) is 5.92 Å². The van der Waals surface area contributed by atoms with Crippen LogP contribution in [0.1, 0.15) is 46.3 Å². The molecule has 0 fully saturated rings. The Balaban J connectivity index is 2.92. The lowest BCUT2D eigenvalue weighted by Crippen LogP contribution is -2.54. The molecule has 0 aromatic heterocycles. The van der Waals surface area contributed by atoms with Crippen LogP contribution in [0.2, 0.25) is 0 Å². The fourth-order valence-electron chi connectivity index (χ4n) is 2.46. The molecule has 1 aromatic rings. The van der Waals surface area contributed by atoms with E-state index in [1.807, 2.05) is 0 Å². The number of carbonyl (C=O) groups excluding carboxylic acids is 4. The SMILES string of the molecule is COC(=O)CNC(=O)N[C@@H](NC(=O)[C@@H](NC(=O)OC(C)(C)C)C(C)C)c1ccccc1. The van der Waals surface area contributed by atoms with Crippen LogP contribution in [-0.4, -0.2) is 49.3 Å². The van der Waals surface area contributed by atoms with Crippen molar-refractivity contribution in [2.75, 3.05) is 13.7 Å². The molecule has 1 aromatic carbocycles. The van der Waals surface area contributed by atoms with Gasteiger partial charge in [-0.05, 0) is 32.3 Å². The third kappa shape index (κ3) is 9.83. The number of urea groups is 1. The van der Waals surface area contributed by atoms with Crippen LogP contribution in [0.15, 0.2) is 30.3 Å². The molecule has 0 aliphatic heterocycles. The molecule has 172 valence electrons. The fourth-order valence-corrected chi connectivity index (χ4v) is 2.46. The monoisotopic (exact) mass is 436 g/mol. The quantitative estimate of drug-likeness (QED) is 0.363. The number of benzene rings is 1. The van der Waals surface area contributed by atoms with Gasteiger partial charge in [0.1, 0.15) is 24.4 Å². The van der Waals surface area contributed by atoms with E-state index >= 15 is 0 Å². The van der Waals surface area contributed by atoms with Gasteiger partial charge in [0.2, 0.25) is 5.91 Å². The summed E-state index contributed by atoms with van der Waals surface area (Å²) in [5, 5.41) is 10.2. The molecule has 2 atom stereocenters. The van der Waals surface area contributed by atoms with Gasteiger partial charge >= 0.3 is 18.1 Å². The number of methoxy groups -OCH3 is 1.